The number of amides is 2. The molecular formula is C17H19N3O2. The predicted molar refractivity (Wildman–Crippen MR) is 86.2 cm³/mol. The molecule has 0 aliphatic rings. The minimum Gasteiger partial charge on any atom is -0.360 e. The zero-order valence-corrected chi connectivity index (χ0v) is 12.4. The molecule has 0 saturated heterocycles. The summed E-state index contributed by atoms with van der Waals surface area (Å²) in [6.45, 7) is 2.31. The van der Waals surface area contributed by atoms with Crippen LogP contribution in [0.2, 0.25) is 0 Å². The number of hydrogen-bond acceptors (Lipinski definition) is 3. The van der Waals surface area contributed by atoms with Crippen molar-refractivity contribution in [2.45, 2.75) is 19.1 Å². The van der Waals surface area contributed by atoms with Crippen molar-refractivity contribution in [3.05, 3.63) is 71.8 Å². The van der Waals surface area contributed by atoms with Crippen LogP contribution in [-0.2, 0) is 16.9 Å². The van der Waals surface area contributed by atoms with Gasteiger partial charge in [-0.1, -0.05) is 60.7 Å². The molecule has 0 aliphatic carbocycles. The van der Waals surface area contributed by atoms with Crippen LogP contribution >= 0.6 is 0 Å². The van der Waals surface area contributed by atoms with Crippen LogP contribution < -0.4 is 11.2 Å². The number of nitrogens with two attached hydrogens (primary N) is 1. The third-order valence-corrected chi connectivity index (χ3v) is 3.21. The van der Waals surface area contributed by atoms with E-state index < -0.39 is 11.6 Å². The average Bonchev–Trinajstić information content (AvgIpc) is 2.54. The van der Waals surface area contributed by atoms with Gasteiger partial charge in [0, 0.05) is 0 Å². The molecule has 22 heavy (non-hydrogen) atoms. The summed E-state index contributed by atoms with van der Waals surface area (Å²) in [5.74, 6) is 0. The molecule has 5 nitrogen and oxygen atoms in total. The van der Waals surface area contributed by atoms with E-state index in [1.165, 1.54) is 6.21 Å². The first kappa shape index (κ1) is 15.7. The molecule has 1 atom stereocenters. The van der Waals surface area contributed by atoms with Gasteiger partial charge in [0.15, 0.2) is 0 Å². The van der Waals surface area contributed by atoms with Gasteiger partial charge in [-0.15, -0.1) is 0 Å². The molecule has 3 N–H and O–H groups in total. The predicted octanol–water partition coefficient (Wildman–Crippen LogP) is 2.77. The fraction of sp³-hybridized carbons (Fsp3) is 0.176. The molecule has 0 heterocycles. The van der Waals surface area contributed by atoms with Crippen LogP contribution in [0.4, 0.5) is 4.79 Å². The Balaban J connectivity index is 2.17. The highest BCUT2D eigenvalue weighted by atomic mass is 16.5. The lowest BCUT2D eigenvalue weighted by atomic mass is 9.97. The van der Waals surface area contributed by atoms with Gasteiger partial charge in [-0.25, -0.2) is 10.2 Å². The van der Waals surface area contributed by atoms with Crippen molar-refractivity contribution in [2.24, 2.45) is 10.8 Å². The maximum Gasteiger partial charge on any atom is 0.332 e. The number of primary amides is 1. The molecule has 0 saturated carbocycles. The first-order valence-electron chi connectivity index (χ1n) is 6.93. The topological polar surface area (TPSA) is 76.7 Å². The van der Waals surface area contributed by atoms with E-state index in [4.69, 9.17) is 10.5 Å². The highest BCUT2D eigenvalue weighted by Crippen LogP contribution is 2.24. The Kier molecular flexibility index (Phi) is 5.27. The van der Waals surface area contributed by atoms with Crippen LogP contribution in [0.3, 0.4) is 0 Å². The first-order chi connectivity index (χ1) is 10.6. The Hall–Kier alpha value is -2.66. The molecule has 0 unspecified atom stereocenters. The number of benzene rings is 2. The molecule has 2 rings (SSSR count). The van der Waals surface area contributed by atoms with E-state index in [0.29, 0.717) is 6.61 Å². The zero-order chi connectivity index (χ0) is 15.8. The van der Waals surface area contributed by atoms with Crippen molar-refractivity contribution in [2.75, 3.05) is 0 Å². The molecule has 0 spiro atoms. The SMILES string of the molecule is C[C@@](/C=N/NC(N)=O)(OCc1ccccc1)c1ccccc1. The van der Waals surface area contributed by atoms with Gasteiger partial charge in [-0.3, -0.25) is 0 Å². The molecule has 0 radical (unpaired) electrons. The molecule has 5 heteroatoms. The van der Waals surface area contributed by atoms with Gasteiger partial charge >= 0.3 is 6.03 Å². The van der Waals surface area contributed by atoms with E-state index in [1.807, 2.05) is 67.6 Å². The maximum atomic E-state index is 10.8. The van der Waals surface area contributed by atoms with E-state index in [-0.39, 0.29) is 0 Å². The average molecular weight is 297 g/mol. The standard InChI is InChI=1S/C17H19N3O2/c1-17(13-19-20-16(18)21,15-10-6-3-7-11-15)22-12-14-8-4-2-5-9-14/h2-11,13H,12H2,1H3,(H3,18,20,21)/b19-13+/t17-/m0/s1. The molecule has 114 valence electrons. The number of hydrazone groups is 1. The summed E-state index contributed by atoms with van der Waals surface area (Å²) in [6, 6.07) is 18.8. The summed E-state index contributed by atoms with van der Waals surface area (Å²) in [5.41, 5.74) is 8.43. The lowest BCUT2D eigenvalue weighted by Crippen LogP contribution is -2.31. The lowest BCUT2D eigenvalue weighted by Gasteiger charge is -2.26. The van der Waals surface area contributed by atoms with Crippen LogP contribution in [0.5, 0.6) is 0 Å². The number of carbonyl (C=O) groups is 1. The molecule has 0 fully saturated rings. The van der Waals surface area contributed by atoms with Crippen molar-refractivity contribution in [3.8, 4) is 0 Å². The van der Waals surface area contributed by atoms with Crippen LogP contribution in [0, 0.1) is 0 Å². The molecule has 0 aliphatic heterocycles. The van der Waals surface area contributed by atoms with Gasteiger partial charge in [-0.05, 0) is 18.1 Å². The van der Waals surface area contributed by atoms with Crippen LogP contribution in [0.1, 0.15) is 18.1 Å². The maximum absolute atomic E-state index is 10.8. The number of nitrogens with zero attached hydrogens (tertiary/aromatic N) is 1. The molecule has 2 amide bonds. The van der Waals surface area contributed by atoms with E-state index in [1.54, 1.807) is 0 Å². The number of carbonyl (C=O) groups excluding carboxylic acids is 1. The van der Waals surface area contributed by atoms with Crippen molar-refractivity contribution in [1.82, 2.24) is 5.43 Å². The van der Waals surface area contributed by atoms with Crippen LogP contribution in [-0.4, -0.2) is 12.2 Å². The normalized spacial score (nSPS) is 13.7. The highest BCUT2D eigenvalue weighted by molar-refractivity contribution is 5.75. The zero-order valence-electron chi connectivity index (χ0n) is 12.4. The lowest BCUT2D eigenvalue weighted by molar-refractivity contribution is 0.00866. The Bertz CT molecular complexity index is 629. The summed E-state index contributed by atoms with van der Waals surface area (Å²) in [5, 5.41) is 3.86. The minimum atomic E-state index is -0.778. The number of nitrogens with one attached hydrogen (secondary N) is 1. The number of urea groups is 1. The van der Waals surface area contributed by atoms with Gasteiger partial charge in [0.1, 0.15) is 5.60 Å². The molecular weight excluding hydrogens is 278 g/mol. The summed E-state index contributed by atoms with van der Waals surface area (Å²) in [6.07, 6.45) is 1.54. The van der Waals surface area contributed by atoms with E-state index >= 15 is 0 Å². The van der Waals surface area contributed by atoms with Crippen LogP contribution in [0.15, 0.2) is 65.8 Å². The van der Waals surface area contributed by atoms with E-state index in [2.05, 4.69) is 10.5 Å². The molecule has 0 aromatic heterocycles. The van der Waals surface area contributed by atoms with Gasteiger partial charge in [0.2, 0.25) is 0 Å². The van der Waals surface area contributed by atoms with Crippen molar-refractivity contribution in [1.29, 1.82) is 0 Å². The minimum absolute atomic E-state index is 0.425. The Morgan fingerprint density at radius 1 is 1.18 bits per heavy atom. The fourth-order valence-electron chi connectivity index (χ4n) is 1.99. The molecule has 2 aromatic rings. The van der Waals surface area contributed by atoms with Crippen molar-refractivity contribution < 1.29 is 9.53 Å². The van der Waals surface area contributed by atoms with Gasteiger partial charge in [0.25, 0.3) is 0 Å². The first-order valence-corrected chi connectivity index (χ1v) is 6.93. The smallest absolute Gasteiger partial charge is 0.332 e. The number of hydrogen-bond donors (Lipinski definition) is 2. The Morgan fingerprint density at radius 2 is 1.77 bits per heavy atom. The largest absolute Gasteiger partial charge is 0.360 e. The van der Waals surface area contributed by atoms with Gasteiger partial charge in [0.05, 0.1) is 12.8 Å². The second-order valence-electron chi connectivity index (χ2n) is 4.98. The van der Waals surface area contributed by atoms with Crippen molar-refractivity contribution in [3.63, 3.8) is 0 Å². The quantitative estimate of drug-likeness (QED) is 0.635. The summed E-state index contributed by atoms with van der Waals surface area (Å²) in [4.78, 5) is 10.8. The second kappa shape index (κ2) is 7.38. The van der Waals surface area contributed by atoms with Gasteiger partial charge in [-0.2, -0.15) is 5.10 Å². The summed E-state index contributed by atoms with van der Waals surface area (Å²) >= 11 is 0. The summed E-state index contributed by atoms with van der Waals surface area (Å²) in [7, 11) is 0. The number of rotatable bonds is 6. The third-order valence-electron chi connectivity index (χ3n) is 3.21. The molecule has 2 aromatic carbocycles. The van der Waals surface area contributed by atoms with Gasteiger partial charge < -0.3 is 10.5 Å². The van der Waals surface area contributed by atoms with E-state index in [0.717, 1.165) is 11.1 Å². The monoisotopic (exact) mass is 297 g/mol. The highest BCUT2D eigenvalue weighted by Gasteiger charge is 2.25. The molecule has 0 bridgehead atoms. The Labute approximate surface area is 129 Å². The van der Waals surface area contributed by atoms with Crippen molar-refractivity contribution >= 4 is 12.2 Å². The van der Waals surface area contributed by atoms with E-state index in [9.17, 15) is 4.79 Å². The fourth-order valence-corrected chi connectivity index (χ4v) is 1.99. The Morgan fingerprint density at radius 3 is 2.36 bits per heavy atom. The summed E-state index contributed by atoms with van der Waals surface area (Å²) < 4.78 is 6.04. The number of ether oxygens (including phenoxy) is 1. The van der Waals surface area contributed by atoms with Crippen LogP contribution in [0.25, 0.3) is 0 Å². The third kappa shape index (κ3) is 4.43. The second-order valence-corrected chi connectivity index (χ2v) is 4.98.